The molecule has 0 radical (unpaired) electrons. The maximum absolute atomic E-state index is 12.5. The number of hydrogen-bond donors (Lipinski definition) is 2. The Kier molecular flexibility index (Phi) is 7.14. The molecule has 0 fully saturated rings. The van der Waals surface area contributed by atoms with Gasteiger partial charge in [-0.25, -0.2) is 9.79 Å². The largest absolute Gasteiger partial charge is 0.506 e. The first-order valence-electron chi connectivity index (χ1n) is 9.17. The molecule has 1 aliphatic rings. The molecule has 7 nitrogen and oxygen atoms in total. The van der Waals surface area contributed by atoms with Gasteiger partial charge in [0, 0.05) is 5.02 Å². The van der Waals surface area contributed by atoms with Crippen LogP contribution >= 0.6 is 23.4 Å². The van der Waals surface area contributed by atoms with Crippen LogP contribution in [-0.4, -0.2) is 42.1 Å². The molecule has 162 valence electrons. The Morgan fingerprint density at radius 1 is 1.16 bits per heavy atom. The summed E-state index contributed by atoms with van der Waals surface area (Å²) < 4.78 is 15.4. The molecule has 31 heavy (non-hydrogen) atoms. The molecule has 0 unspecified atom stereocenters. The second-order valence-corrected chi connectivity index (χ2v) is 7.69. The van der Waals surface area contributed by atoms with Gasteiger partial charge in [-0.05, 0) is 48.9 Å². The zero-order valence-electron chi connectivity index (χ0n) is 17.0. The molecular formula is C22H20ClNO6S. The summed E-state index contributed by atoms with van der Waals surface area (Å²) in [5.41, 5.74) is 1.07. The summed E-state index contributed by atoms with van der Waals surface area (Å²) in [4.78, 5) is 17.4. The van der Waals surface area contributed by atoms with Crippen molar-refractivity contribution in [1.82, 2.24) is 0 Å². The van der Waals surface area contributed by atoms with Crippen molar-refractivity contribution in [2.45, 2.75) is 6.92 Å². The third-order valence-corrected chi connectivity index (χ3v) is 5.46. The highest BCUT2D eigenvalue weighted by atomic mass is 35.5. The summed E-state index contributed by atoms with van der Waals surface area (Å²) in [5.74, 6) is -0.665. The number of phenolic OH excluding ortho intramolecular Hbond substituents is 1. The van der Waals surface area contributed by atoms with Gasteiger partial charge in [0.1, 0.15) is 16.4 Å². The molecule has 2 aromatic rings. The van der Waals surface area contributed by atoms with E-state index in [-0.39, 0.29) is 40.2 Å². The third kappa shape index (κ3) is 4.98. The minimum atomic E-state index is -0.683. The fourth-order valence-corrected chi connectivity index (χ4v) is 4.02. The van der Waals surface area contributed by atoms with Crippen molar-refractivity contribution < 1.29 is 29.2 Å². The first-order valence-corrected chi connectivity index (χ1v) is 10.4. The number of carbonyl (C=O) groups excluding carboxylic acids is 1. The molecule has 0 aromatic heterocycles. The van der Waals surface area contributed by atoms with Crippen molar-refractivity contribution >= 4 is 46.1 Å². The van der Waals surface area contributed by atoms with E-state index in [0.29, 0.717) is 21.2 Å². The van der Waals surface area contributed by atoms with Crippen molar-refractivity contribution in [2.75, 3.05) is 20.8 Å². The number of carbonyl (C=O) groups is 1. The summed E-state index contributed by atoms with van der Waals surface area (Å²) in [6, 6.07) is 9.98. The van der Waals surface area contributed by atoms with Gasteiger partial charge in [-0.2, -0.15) is 0 Å². The van der Waals surface area contributed by atoms with Crippen LogP contribution in [0.2, 0.25) is 5.02 Å². The van der Waals surface area contributed by atoms with Gasteiger partial charge in [0.2, 0.25) is 5.75 Å². The number of methoxy groups -OCH3 is 2. The van der Waals surface area contributed by atoms with Gasteiger partial charge in [0.25, 0.3) is 0 Å². The molecule has 0 bridgehead atoms. The zero-order chi connectivity index (χ0) is 22.5. The number of aliphatic hydroxyl groups excluding tert-OH is 1. The average Bonchev–Trinajstić information content (AvgIpc) is 3.03. The maximum Gasteiger partial charge on any atom is 0.344 e. The van der Waals surface area contributed by atoms with E-state index in [1.54, 1.807) is 49.4 Å². The van der Waals surface area contributed by atoms with E-state index in [0.717, 1.165) is 11.8 Å². The van der Waals surface area contributed by atoms with Crippen LogP contribution in [0.1, 0.15) is 12.5 Å². The fraction of sp³-hybridized carbons (Fsp3) is 0.182. The number of rotatable bonds is 6. The van der Waals surface area contributed by atoms with E-state index < -0.39 is 5.97 Å². The van der Waals surface area contributed by atoms with Crippen LogP contribution in [-0.2, 0) is 9.53 Å². The molecule has 0 saturated carbocycles. The highest BCUT2D eigenvalue weighted by Gasteiger charge is 2.33. The topological polar surface area (TPSA) is 97.6 Å². The van der Waals surface area contributed by atoms with E-state index in [1.165, 1.54) is 14.2 Å². The molecule has 0 amide bonds. The van der Waals surface area contributed by atoms with Crippen LogP contribution in [0, 0.1) is 0 Å². The Morgan fingerprint density at radius 3 is 2.42 bits per heavy atom. The Labute approximate surface area is 188 Å². The Bertz CT molecular complexity index is 1080. The first-order chi connectivity index (χ1) is 14.9. The summed E-state index contributed by atoms with van der Waals surface area (Å²) in [6.45, 7) is 1.83. The number of ether oxygens (including phenoxy) is 3. The first kappa shape index (κ1) is 22.6. The highest BCUT2D eigenvalue weighted by Crippen LogP contribution is 2.42. The molecule has 1 aliphatic heterocycles. The van der Waals surface area contributed by atoms with Crippen LogP contribution < -0.4 is 9.47 Å². The smallest absolute Gasteiger partial charge is 0.344 e. The minimum absolute atomic E-state index is 0.0317. The molecule has 9 heteroatoms. The van der Waals surface area contributed by atoms with Gasteiger partial charge in [-0.3, -0.25) is 0 Å². The average molecular weight is 462 g/mol. The van der Waals surface area contributed by atoms with Gasteiger partial charge in [-0.1, -0.05) is 29.4 Å². The number of aromatic hydroxyl groups is 1. The summed E-state index contributed by atoms with van der Waals surface area (Å²) >= 11 is 7.14. The molecule has 0 saturated heterocycles. The third-order valence-electron chi connectivity index (χ3n) is 4.21. The number of esters is 1. The lowest BCUT2D eigenvalue weighted by atomic mass is 10.1. The maximum atomic E-state index is 12.5. The lowest BCUT2D eigenvalue weighted by Gasteiger charge is -2.10. The molecule has 0 atom stereocenters. The van der Waals surface area contributed by atoms with E-state index in [1.807, 2.05) is 0 Å². The SMILES string of the molecule is CCOC(=O)C1=C(O)/C(=C/c2cc(OC)c(O)c(OC)c2)SC1=Nc1cccc(Cl)c1. The number of halogens is 1. The van der Waals surface area contributed by atoms with Crippen molar-refractivity contribution in [3.63, 3.8) is 0 Å². The van der Waals surface area contributed by atoms with Crippen LogP contribution in [0.15, 0.2) is 57.6 Å². The van der Waals surface area contributed by atoms with E-state index in [9.17, 15) is 15.0 Å². The Balaban J connectivity index is 2.09. The van der Waals surface area contributed by atoms with E-state index >= 15 is 0 Å². The Morgan fingerprint density at radius 2 is 1.84 bits per heavy atom. The molecule has 2 aromatic carbocycles. The van der Waals surface area contributed by atoms with Crippen LogP contribution in [0.25, 0.3) is 6.08 Å². The number of aliphatic hydroxyl groups is 1. The van der Waals surface area contributed by atoms with Gasteiger partial charge in [0.05, 0.1) is 31.4 Å². The molecule has 0 aliphatic carbocycles. The molecule has 0 spiro atoms. The fourth-order valence-electron chi connectivity index (χ4n) is 2.80. The quantitative estimate of drug-likeness (QED) is 0.566. The Hall–Kier alpha value is -3.10. The second kappa shape index (κ2) is 9.80. The molecule has 1 heterocycles. The lowest BCUT2D eigenvalue weighted by molar-refractivity contribution is -0.138. The van der Waals surface area contributed by atoms with Crippen molar-refractivity contribution in [3.8, 4) is 17.2 Å². The van der Waals surface area contributed by atoms with Gasteiger partial charge in [-0.15, -0.1) is 0 Å². The predicted molar refractivity (Wildman–Crippen MR) is 122 cm³/mol. The highest BCUT2D eigenvalue weighted by molar-refractivity contribution is 8.18. The van der Waals surface area contributed by atoms with Gasteiger partial charge in [0.15, 0.2) is 11.5 Å². The van der Waals surface area contributed by atoms with E-state index in [4.69, 9.17) is 25.8 Å². The van der Waals surface area contributed by atoms with Gasteiger partial charge >= 0.3 is 5.97 Å². The molecular weight excluding hydrogens is 442 g/mol. The standard InChI is InChI=1S/C22H20ClNO6S/c1-4-30-22(27)18-20(26)17(31-21(18)24-14-7-5-6-13(23)11-14)10-12-8-15(28-2)19(25)16(9-12)29-3/h5-11,25-26H,4H2,1-3H3/b17-10-,24-21?. The van der Waals surface area contributed by atoms with Crippen molar-refractivity contribution in [1.29, 1.82) is 0 Å². The normalized spacial score (nSPS) is 16.1. The number of nitrogens with zero attached hydrogens (tertiary/aromatic N) is 1. The number of benzene rings is 2. The predicted octanol–water partition coefficient (Wildman–Crippen LogP) is 5.26. The summed E-state index contributed by atoms with van der Waals surface area (Å²) in [5, 5.41) is 21.7. The van der Waals surface area contributed by atoms with Gasteiger partial charge < -0.3 is 24.4 Å². The van der Waals surface area contributed by atoms with Crippen LogP contribution in [0.4, 0.5) is 5.69 Å². The van der Waals surface area contributed by atoms with Crippen LogP contribution in [0.5, 0.6) is 17.2 Å². The monoisotopic (exact) mass is 461 g/mol. The zero-order valence-corrected chi connectivity index (χ0v) is 18.6. The van der Waals surface area contributed by atoms with E-state index in [2.05, 4.69) is 4.99 Å². The number of thioether (sulfide) groups is 1. The number of aliphatic imine (C=N–C) groups is 1. The number of hydrogen-bond acceptors (Lipinski definition) is 8. The van der Waals surface area contributed by atoms with Crippen LogP contribution in [0.3, 0.4) is 0 Å². The molecule has 2 N–H and O–H groups in total. The number of phenols is 1. The lowest BCUT2D eigenvalue weighted by Crippen LogP contribution is -2.12. The summed E-state index contributed by atoms with van der Waals surface area (Å²) in [6.07, 6.45) is 1.63. The second-order valence-electron chi connectivity index (χ2n) is 6.23. The van der Waals surface area contributed by atoms with Crippen molar-refractivity contribution in [2.24, 2.45) is 4.99 Å². The van der Waals surface area contributed by atoms with Crippen molar-refractivity contribution in [3.05, 3.63) is 63.2 Å². The molecule has 3 rings (SSSR count). The summed E-state index contributed by atoms with van der Waals surface area (Å²) in [7, 11) is 2.84. The minimum Gasteiger partial charge on any atom is -0.506 e.